The minimum Gasteiger partial charge on any atom is -0.445 e. The highest BCUT2D eigenvalue weighted by molar-refractivity contribution is 5.93. The zero-order valence-electron chi connectivity index (χ0n) is 19.3. The van der Waals surface area contributed by atoms with Crippen molar-refractivity contribution < 1.29 is 14.3 Å². The molecular formula is C27H27N5O3. The highest BCUT2D eigenvalue weighted by Crippen LogP contribution is 2.29. The van der Waals surface area contributed by atoms with Crippen LogP contribution in [0.25, 0.3) is 10.9 Å². The number of amides is 1. The van der Waals surface area contributed by atoms with Gasteiger partial charge in [-0.15, -0.1) is 6.42 Å². The Morgan fingerprint density at radius 1 is 1.29 bits per heavy atom. The Balaban J connectivity index is 1.52. The van der Waals surface area contributed by atoms with Gasteiger partial charge in [-0.2, -0.15) is 0 Å². The molecular weight excluding hydrogens is 442 g/mol. The van der Waals surface area contributed by atoms with Crippen LogP contribution >= 0.6 is 0 Å². The Morgan fingerprint density at radius 2 is 2.14 bits per heavy atom. The molecule has 0 bridgehead atoms. The number of piperidine rings is 1. The molecule has 35 heavy (non-hydrogen) atoms. The number of rotatable bonds is 8. The molecule has 2 aromatic carbocycles. The number of terminal acetylenes is 1. The van der Waals surface area contributed by atoms with E-state index in [2.05, 4.69) is 38.0 Å². The summed E-state index contributed by atoms with van der Waals surface area (Å²) < 4.78 is 5.00. The van der Waals surface area contributed by atoms with E-state index in [-0.39, 0.29) is 18.6 Å². The van der Waals surface area contributed by atoms with Gasteiger partial charge >= 0.3 is 6.09 Å². The third-order valence-corrected chi connectivity index (χ3v) is 5.99. The van der Waals surface area contributed by atoms with Gasteiger partial charge < -0.3 is 20.2 Å². The Kier molecular flexibility index (Phi) is 7.70. The molecule has 1 saturated heterocycles. The van der Waals surface area contributed by atoms with Gasteiger partial charge in [0.25, 0.3) is 0 Å². The lowest BCUT2D eigenvalue weighted by atomic mass is 9.93. The first-order valence-electron chi connectivity index (χ1n) is 11.4. The van der Waals surface area contributed by atoms with Gasteiger partial charge in [0.2, 0.25) is 0 Å². The van der Waals surface area contributed by atoms with E-state index in [1.807, 2.05) is 42.5 Å². The lowest BCUT2D eigenvalue weighted by molar-refractivity contribution is -0.113. The maximum Gasteiger partial charge on any atom is 0.407 e. The van der Waals surface area contributed by atoms with Crippen LogP contribution in [0.3, 0.4) is 0 Å². The molecule has 0 aliphatic carbocycles. The van der Waals surface area contributed by atoms with Crippen LogP contribution in [-0.4, -0.2) is 53.0 Å². The summed E-state index contributed by atoms with van der Waals surface area (Å²) in [5.41, 5.74) is 3.48. The van der Waals surface area contributed by atoms with Crippen LogP contribution in [0, 0.1) is 18.3 Å². The van der Waals surface area contributed by atoms with Crippen molar-refractivity contribution in [2.45, 2.75) is 19.0 Å². The van der Waals surface area contributed by atoms with E-state index in [4.69, 9.17) is 11.2 Å². The van der Waals surface area contributed by atoms with Crippen molar-refractivity contribution in [2.75, 3.05) is 25.0 Å². The summed E-state index contributed by atoms with van der Waals surface area (Å²) in [6.45, 7) is 5.51. The number of likely N-dealkylation sites (tertiary alicyclic amines) is 1. The Labute approximate surface area is 204 Å². The standard InChI is InChI=1S/C27H27N5O3/c1-3-13-35-27(34)31-23-11-12-32(16-21(23)17-33)15-20-8-6-10-24-25(20)26(29-18-28-24)30-22-9-5-7-19(4-2)14-22/h2-3,5-10,14,17-18,21,23H,1,11-13,15-16H2,(H,31,34)(H,28,29,30)/t21-,23+/m0/s1. The molecule has 0 saturated carbocycles. The quantitative estimate of drug-likeness (QED) is 0.295. The molecule has 8 nitrogen and oxygen atoms in total. The second-order valence-corrected chi connectivity index (χ2v) is 8.35. The van der Waals surface area contributed by atoms with Crippen LogP contribution in [0.1, 0.15) is 17.5 Å². The number of ether oxygens (including phenoxy) is 1. The first kappa shape index (κ1) is 23.9. The van der Waals surface area contributed by atoms with Crippen LogP contribution in [-0.2, 0) is 16.1 Å². The molecule has 2 N–H and O–H groups in total. The number of benzene rings is 2. The normalized spacial score (nSPS) is 17.8. The number of anilines is 2. The first-order chi connectivity index (χ1) is 17.1. The van der Waals surface area contributed by atoms with E-state index in [0.29, 0.717) is 31.9 Å². The largest absolute Gasteiger partial charge is 0.445 e. The number of aldehydes is 1. The van der Waals surface area contributed by atoms with Crippen molar-refractivity contribution in [2.24, 2.45) is 5.92 Å². The number of nitrogens with one attached hydrogen (secondary N) is 2. The minimum absolute atomic E-state index is 0.128. The molecule has 1 aromatic heterocycles. The van der Waals surface area contributed by atoms with E-state index in [1.165, 1.54) is 12.4 Å². The van der Waals surface area contributed by atoms with Gasteiger partial charge in [-0.1, -0.05) is 36.8 Å². The topological polar surface area (TPSA) is 96.5 Å². The average molecular weight is 470 g/mol. The van der Waals surface area contributed by atoms with E-state index >= 15 is 0 Å². The Hall–Kier alpha value is -4.22. The summed E-state index contributed by atoms with van der Waals surface area (Å²) in [5.74, 6) is 2.99. The number of nitrogens with zero attached hydrogens (tertiary/aromatic N) is 3. The number of fused-ring (bicyclic) bond motifs is 1. The predicted molar refractivity (Wildman–Crippen MR) is 135 cm³/mol. The third-order valence-electron chi connectivity index (χ3n) is 5.99. The van der Waals surface area contributed by atoms with E-state index in [9.17, 15) is 9.59 Å². The number of carbonyl (C=O) groups is 2. The highest BCUT2D eigenvalue weighted by Gasteiger charge is 2.31. The predicted octanol–water partition coefficient (Wildman–Crippen LogP) is 3.66. The van der Waals surface area contributed by atoms with Crippen LogP contribution in [0.5, 0.6) is 0 Å². The van der Waals surface area contributed by atoms with E-state index in [1.54, 1.807) is 0 Å². The van der Waals surface area contributed by atoms with Crippen molar-refractivity contribution in [1.82, 2.24) is 20.2 Å². The average Bonchev–Trinajstić information content (AvgIpc) is 2.88. The van der Waals surface area contributed by atoms with Gasteiger partial charge in [0.15, 0.2) is 0 Å². The zero-order valence-corrected chi connectivity index (χ0v) is 19.3. The Morgan fingerprint density at radius 3 is 2.94 bits per heavy atom. The van der Waals surface area contributed by atoms with Crippen LogP contribution < -0.4 is 10.6 Å². The van der Waals surface area contributed by atoms with Crippen LogP contribution in [0.15, 0.2) is 61.4 Å². The maximum atomic E-state index is 11.9. The second kappa shape index (κ2) is 11.3. The van der Waals surface area contributed by atoms with Crippen LogP contribution in [0.4, 0.5) is 16.3 Å². The molecule has 8 heteroatoms. The molecule has 1 aliphatic heterocycles. The van der Waals surface area contributed by atoms with Crippen molar-refractivity contribution in [3.63, 3.8) is 0 Å². The lowest BCUT2D eigenvalue weighted by Crippen LogP contribution is -2.51. The number of hydrogen-bond acceptors (Lipinski definition) is 7. The monoisotopic (exact) mass is 469 g/mol. The van der Waals surface area contributed by atoms with Gasteiger partial charge in [-0.3, -0.25) is 4.90 Å². The Bertz CT molecular complexity index is 1260. The highest BCUT2D eigenvalue weighted by atomic mass is 16.5. The molecule has 4 rings (SSSR count). The molecule has 0 radical (unpaired) electrons. The van der Waals surface area contributed by atoms with Gasteiger partial charge in [0, 0.05) is 48.2 Å². The SMILES string of the molecule is C#Cc1cccc(Nc2ncnc3cccc(CN4CC[C@@H](NC(=O)OCC=C)[C@H](C=O)C4)c23)c1. The van der Waals surface area contributed by atoms with Crippen LogP contribution in [0.2, 0.25) is 0 Å². The summed E-state index contributed by atoms with van der Waals surface area (Å²) in [4.78, 5) is 34.9. The first-order valence-corrected chi connectivity index (χ1v) is 11.4. The fraction of sp³-hybridized carbons (Fsp3) is 0.259. The van der Waals surface area contributed by atoms with E-state index < -0.39 is 6.09 Å². The molecule has 0 spiro atoms. The minimum atomic E-state index is -0.536. The lowest BCUT2D eigenvalue weighted by Gasteiger charge is -2.36. The van der Waals surface area contributed by atoms with Gasteiger partial charge in [0.05, 0.1) is 5.52 Å². The van der Waals surface area contributed by atoms with Gasteiger partial charge in [-0.25, -0.2) is 14.8 Å². The number of aromatic nitrogens is 2. The van der Waals surface area contributed by atoms with Crippen molar-refractivity contribution in [3.8, 4) is 12.3 Å². The van der Waals surface area contributed by atoms with Crippen molar-refractivity contribution in [1.29, 1.82) is 0 Å². The molecule has 0 unspecified atom stereocenters. The number of hydrogen-bond donors (Lipinski definition) is 2. The molecule has 1 aliphatic rings. The summed E-state index contributed by atoms with van der Waals surface area (Å²) in [7, 11) is 0. The fourth-order valence-electron chi connectivity index (χ4n) is 4.31. The van der Waals surface area contributed by atoms with E-state index in [0.717, 1.165) is 34.0 Å². The summed E-state index contributed by atoms with van der Waals surface area (Å²) in [6, 6.07) is 13.3. The van der Waals surface area contributed by atoms with Gasteiger partial charge in [-0.05, 0) is 36.2 Å². The second-order valence-electron chi connectivity index (χ2n) is 8.35. The van der Waals surface area contributed by atoms with Crippen molar-refractivity contribution >= 4 is 34.8 Å². The molecule has 178 valence electrons. The summed E-state index contributed by atoms with van der Waals surface area (Å²) in [5, 5.41) is 7.09. The smallest absolute Gasteiger partial charge is 0.407 e. The molecule has 1 fully saturated rings. The third kappa shape index (κ3) is 5.83. The fourth-order valence-corrected chi connectivity index (χ4v) is 4.31. The summed E-state index contributed by atoms with van der Waals surface area (Å²) >= 11 is 0. The zero-order chi connectivity index (χ0) is 24.6. The van der Waals surface area contributed by atoms with Crippen molar-refractivity contribution in [3.05, 3.63) is 72.6 Å². The molecule has 1 amide bonds. The number of carbonyl (C=O) groups excluding carboxylic acids is 2. The molecule has 2 atom stereocenters. The maximum absolute atomic E-state index is 11.9. The van der Waals surface area contributed by atoms with Gasteiger partial charge in [0.1, 0.15) is 25.0 Å². The molecule has 2 heterocycles. The molecule has 3 aromatic rings. The number of alkyl carbamates (subject to hydrolysis) is 1. The summed E-state index contributed by atoms with van der Waals surface area (Å²) in [6.07, 6.45) is 9.58.